The third kappa shape index (κ3) is 3.62. The molecule has 0 bridgehead atoms. The minimum atomic E-state index is -0.515. The van der Waals surface area contributed by atoms with Gasteiger partial charge in [-0.1, -0.05) is 11.6 Å². The maximum Gasteiger partial charge on any atom is 0.412 e. The summed E-state index contributed by atoms with van der Waals surface area (Å²) in [5.74, 6) is 0. The lowest BCUT2D eigenvalue weighted by atomic mass is 10.1. The fraction of sp³-hybridized carbons (Fsp3) is 0.462. The molecule has 0 unspecified atom stereocenters. The summed E-state index contributed by atoms with van der Waals surface area (Å²) in [5.41, 5.74) is 1.03. The second-order valence-electron chi connectivity index (χ2n) is 5.19. The van der Waals surface area contributed by atoms with E-state index in [1.54, 1.807) is 12.1 Å². The van der Waals surface area contributed by atoms with Crippen molar-refractivity contribution in [2.24, 2.45) is 0 Å². The van der Waals surface area contributed by atoms with Crippen molar-refractivity contribution in [2.45, 2.75) is 32.5 Å². The molecule has 1 heterocycles. The third-order valence-electron chi connectivity index (χ3n) is 2.32. The molecule has 1 N–H and O–H groups in total. The molecule has 1 amide bonds. The van der Waals surface area contributed by atoms with E-state index in [1.807, 2.05) is 26.8 Å². The van der Waals surface area contributed by atoms with Gasteiger partial charge in [-0.3, -0.25) is 5.32 Å². The molecule has 1 aromatic carbocycles. The Bertz CT molecular complexity index is 464. The Morgan fingerprint density at radius 3 is 2.72 bits per heavy atom. The molecule has 0 aliphatic carbocycles. The standard InChI is InChI=1S/C13H16ClNO3/c1-13(2,3)18-12(16)15-8-4-5-10(14)9(6-8)11-7-17-11/h4-6,11H,7H2,1-3H3,(H,15,16)/t11-/m0/s1. The molecule has 4 nitrogen and oxygen atoms in total. The number of ether oxygens (including phenoxy) is 2. The predicted octanol–water partition coefficient (Wildman–Crippen LogP) is 3.76. The zero-order valence-electron chi connectivity index (χ0n) is 10.6. The summed E-state index contributed by atoms with van der Waals surface area (Å²) in [6.45, 7) is 6.13. The van der Waals surface area contributed by atoms with Crippen LogP contribution < -0.4 is 5.32 Å². The van der Waals surface area contributed by atoms with Gasteiger partial charge >= 0.3 is 6.09 Å². The Labute approximate surface area is 111 Å². The maximum atomic E-state index is 11.6. The van der Waals surface area contributed by atoms with Gasteiger partial charge in [0.2, 0.25) is 0 Å². The molecule has 1 aliphatic rings. The SMILES string of the molecule is CC(C)(C)OC(=O)Nc1ccc(Cl)c([C@@H]2CO2)c1. The molecule has 0 spiro atoms. The van der Waals surface area contributed by atoms with E-state index in [2.05, 4.69) is 5.32 Å². The molecule has 1 fully saturated rings. The summed E-state index contributed by atoms with van der Waals surface area (Å²) >= 11 is 6.05. The van der Waals surface area contributed by atoms with E-state index in [0.29, 0.717) is 17.3 Å². The van der Waals surface area contributed by atoms with Gasteiger partial charge in [-0.05, 0) is 39.0 Å². The van der Waals surface area contributed by atoms with Crippen LogP contribution in [0.5, 0.6) is 0 Å². The smallest absolute Gasteiger partial charge is 0.412 e. The first-order chi connectivity index (χ1) is 8.35. The molecule has 0 aromatic heterocycles. The van der Waals surface area contributed by atoms with Gasteiger partial charge in [-0.25, -0.2) is 4.79 Å². The van der Waals surface area contributed by atoms with Crippen molar-refractivity contribution < 1.29 is 14.3 Å². The predicted molar refractivity (Wildman–Crippen MR) is 70.0 cm³/mol. The Morgan fingerprint density at radius 1 is 1.50 bits per heavy atom. The van der Waals surface area contributed by atoms with Crippen molar-refractivity contribution in [3.8, 4) is 0 Å². The molecule has 5 heteroatoms. The monoisotopic (exact) mass is 269 g/mol. The van der Waals surface area contributed by atoms with Crippen LogP contribution in [-0.2, 0) is 9.47 Å². The number of hydrogen-bond donors (Lipinski definition) is 1. The van der Waals surface area contributed by atoms with Gasteiger partial charge in [0.1, 0.15) is 11.7 Å². The molecule has 1 saturated heterocycles. The van der Waals surface area contributed by atoms with Crippen LogP contribution in [0.4, 0.5) is 10.5 Å². The molecule has 0 saturated carbocycles. The van der Waals surface area contributed by atoms with Crippen LogP contribution in [-0.4, -0.2) is 18.3 Å². The highest BCUT2D eigenvalue weighted by Crippen LogP contribution is 2.36. The average Bonchev–Trinajstić information content (AvgIpc) is 3.01. The average molecular weight is 270 g/mol. The summed E-state index contributed by atoms with van der Waals surface area (Å²) in [5, 5.41) is 3.32. The van der Waals surface area contributed by atoms with Crippen LogP contribution in [0.2, 0.25) is 5.02 Å². The molecule has 1 aromatic rings. The van der Waals surface area contributed by atoms with Gasteiger partial charge in [0.25, 0.3) is 0 Å². The fourth-order valence-corrected chi connectivity index (χ4v) is 1.76. The topological polar surface area (TPSA) is 50.9 Å². The number of epoxide rings is 1. The van der Waals surface area contributed by atoms with Gasteiger partial charge < -0.3 is 9.47 Å². The number of rotatable bonds is 2. The third-order valence-corrected chi connectivity index (χ3v) is 2.67. The number of hydrogen-bond acceptors (Lipinski definition) is 3. The van der Waals surface area contributed by atoms with E-state index < -0.39 is 11.7 Å². The minimum Gasteiger partial charge on any atom is -0.444 e. The Morgan fingerprint density at radius 2 is 2.17 bits per heavy atom. The number of anilines is 1. The summed E-state index contributed by atoms with van der Waals surface area (Å²) in [6, 6.07) is 5.29. The lowest BCUT2D eigenvalue weighted by Crippen LogP contribution is -2.27. The van der Waals surface area contributed by atoms with E-state index in [9.17, 15) is 4.79 Å². The Balaban J connectivity index is 2.05. The largest absolute Gasteiger partial charge is 0.444 e. The molecule has 98 valence electrons. The normalized spacial score (nSPS) is 18.3. The molecule has 18 heavy (non-hydrogen) atoms. The van der Waals surface area contributed by atoms with Gasteiger partial charge in [0.05, 0.1) is 6.61 Å². The molecule has 1 aliphatic heterocycles. The minimum absolute atomic E-state index is 0.0536. The summed E-state index contributed by atoms with van der Waals surface area (Å²) < 4.78 is 10.4. The second-order valence-corrected chi connectivity index (χ2v) is 5.59. The highest BCUT2D eigenvalue weighted by molar-refractivity contribution is 6.31. The van der Waals surface area contributed by atoms with Crippen molar-refractivity contribution in [1.29, 1.82) is 0 Å². The van der Waals surface area contributed by atoms with E-state index in [1.165, 1.54) is 0 Å². The van der Waals surface area contributed by atoms with Crippen molar-refractivity contribution >= 4 is 23.4 Å². The van der Waals surface area contributed by atoms with Crippen LogP contribution in [0.3, 0.4) is 0 Å². The van der Waals surface area contributed by atoms with Crippen molar-refractivity contribution in [1.82, 2.24) is 0 Å². The highest BCUT2D eigenvalue weighted by atomic mass is 35.5. The van der Waals surface area contributed by atoms with E-state index >= 15 is 0 Å². The quantitative estimate of drug-likeness (QED) is 0.832. The summed E-state index contributed by atoms with van der Waals surface area (Å²) in [7, 11) is 0. The van der Waals surface area contributed by atoms with Crippen molar-refractivity contribution in [3.05, 3.63) is 28.8 Å². The van der Waals surface area contributed by atoms with Crippen LogP contribution in [0.15, 0.2) is 18.2 Å². The molecular weight excluding hydrogens is 254 g/mol. The number of benzene rings is 1. The molecular formula is C13H16ClNO3. The lowest BCUT2D eigenvalue weighted by molar-refractivity contribution is 0.0636. The van der Waals surface area contributed by atoms with E-state index in [4.69, 9.17) is 21.1 Å². The highest BCUT2D eigenvalue weighted by Gasteiger charge is 2.27. The first-order valence-corrected chi connectivity index (χ1v) is 6.14. The summed E-state index contributed by atoms with van der Waals surface area (Å²) in [6.07, 6.45) is -0.426. The maximum absolute atomic E-state index is 11.6. The van der Waals surface area contributed by atoms with Crippen LogP contribution in [0.25, 0.3) is 0 Å². The molecule has 0 radical (unpaired) electrons. The van der Waals surface area contributed by atoms with Crippen molar-refractivity contribution in [3.63, 3.8) is 0 Å². The Hall–Kier alpha value is -1.26. The van der Waals surface area contributed by atoms with E-state index in [-0.39, 0.29) is 6.10 Å². The van der Waals surface area contributed by atoms with E-state index in [0.717, 1.165) is 5.56 Å². The molecule has 1 atom stereocenters. The number of carbonyl (C=O) groups excluding carboxylic acids is 1. The zero-order valence-corrected chi connectivity index (χ0v) is 11.4. The van der Waals surface area contributed by atoms with Crippen LogP contribution in [0, 0.1) is 0 Å². The van der Waals surface area contributed by atoms with Gasteiger partial charge in [0, 0.05) is 16.3 Å². The number of carbonyl (C=O) groups is 1. The van der Waals surface area contributed by atoms with Gasteiger partial charge in [-0.2, -0.15) is 0 Å². The number of amides is 1. The lowest BCUT2D eigenvalue weighted by Gasteiger charge is -2.19. The number of nitrogens with one attached hydrogen (secondary N) is 1. The number of halogens is 1. The zero-order chi connectivity index (χ0) is 13.3. The van der Waals surface area contributed by atoms with Gasteiger partial charge in [-0.15, -0.1) is 0 Å². The first-order valence-electron chi connectivity index (χ1n) is 5.76. The first kappa shape index (κ1) is 13.2. The molecule has 2 rings (SSSR count). The van der Waals surface area contributed by atoms with Crippen LogP contribution in [0.1, 0.15) is 32.4 Å². The van der Waals surface area contributed by atoms with Crippen LogP contribution >= 0.6 is 11.6 Å². The van der Waals surface area contributed by atoms with Crippen molar-refractivity contribution in [2.75, 3.05) is 11.9 Å². The van der Waals surface area contributed by atoms with Gasteiger partial charge in [0.15, 0.2) is 0 Å². The Kier molecular flexibility index (Phi) is 3.50. The fourth-order valence-electron chi connectivity index (χ4n) is 1.52. The summed E-state index contributed by atoms with van der Waals surface area (Å²) in [4.78, 5) is 11.6. The second kappa shape index (κ2) is 4.78.